The zero-order chi connectivity index (χ0) is 30.4. The minimum absolute atomic E-state index is 0.00531. The number of benzene rings is 1. The van der Waals surface area contributed by atoms with Crippen molar-refractivity contribution in [3.8, 4) is 0 Å². The fraction of sp³-hybridized carbons (Fsp3) is 0.517. The number of rotatable bonds is 5. The number of aromatic nitrogens is 2. The van der Waals surface area contributed by atoms with Crippen LogP contribution in [0.2, 0.25) is 0 Å². The Labute approximate surface area is 245 Å². The van der Waals surface area contributed by atoms with E-state index in [1.807, 2.05) is 44.2 Å². The molecular formula is C29H39N7O6. The van der Waals surface area contributed by atoms with Crippen molar-refractivity contribution < 1.29 is 28.7 Å². The summed E-state index contributed by atoms with van der Waals surface area (Å²) < 4.78 is 7.73. The Balaban J connectivity index is 1.65. The second-order valence-electron chi connectivity index (χ2n) is 11.3. The first kappa shape index (κ1) is 30.7. The number of likely N-dealkylation sites (N-methyl/N-ethyl adjacent to an activating group) is 1. The topological polar surface area (TPSA) is 155 Å². The Bertz CT molecular complexity index is 1300. The zero-order valence-corrected chi connectivity index (χ0v) is 24.4. The van der Waals surface area contributed by atoms with Crippen LogP contribution in [0.4, 0.5) is 0 Å². The first-order chi connectivity index (χ1) is 20.0. The number of morpholine rings is 1. The van der Waals surface area contributed by atoms with Gasteiger partial charge in [0.1, 0.15) is 17.8 Å². The van der Waals surface area contributed by atoms with Crippen molar-refractivity contribution in [3.63, 3.8) is 0 Å². The van der Waals surface area contributed by atoms with E-state index in [1.165, 1.54) is 23.2 Å². The van der Waals surface area contributed by atoms with Gasteiger partial charge in [0.15, 0.2) is 6.10 Å². The molecule has 13 nitrogen and oxygen atoms in total. The minimum Gasteiger partial charge on any atom is -0.360 e. The third kappa shape index (κ3) is 7.93. The largest absolute Gasteiger partial charge is 0.360 e. The molecule has 2 bridgehead atoms. The number of hydrogen-bond acceptors (Lipinski definition) is 7. The molecule has 5 amide bonds. The van der Waals surface area contributed by atoms with Crippen LogP contribution in [0.15, 0.2) is 42.9 Å². The smallest absolute Gasteiger partial charge is 0.274 e. The lowest BCUT2D eigenvalue weighted by Gasteiger charge is -2.37. The van der Waals surface area contributed by atoms with Gasteiger partial charge in [-0.2, -0.15) is 0 Å². The molecule has 0 saturated carbocycles. The van der Waals surface area contributed by atoms with E-state index in [4.69, 9.17) is 4.74 Å². The van der Waals surface area contributed by atoms with E-state index in [9.17, 15) is 24.0 Å². The van der Waals surface area contributed by atoms with E-state index in [2.05, 4.69) is 20.9 Å². The van der Waals surface area contributed by atoms with Crippen LogP contribution in [0.5, 0.6) is 0 Å². The van der Waals surface area contributed by atoms with Crippen molar-refractivity contribution in [2.75, 3.05) is 33.2 Å². The highest BCUT2D eigenvalue weighted by atomic mass is 16.5. The van der Waals surface area contributed by atoms with Gasteiger partial charge in [-0.05, 0) is 17.9 Å². The van der Waals surface area contributed by atoms with Crippen molar-refractivity contribution in [3.05, 3.63) is 54.1 Å². The molecule has 0 unspecified atom stereocenters. The standard InChI is InChI=1S/C29H39N7O6/c1-18(2)10-21-26(38)30-12-20-13-36(29(41)23-14-34(3)17-31-23)15-24(42-20)27(39)33-22(11-19-8-6-5-7-9-19)28(40)35(4)16-25(37)32-21/h5-9,14,17-18,20-22,24H,10-13,15-16H2,1-4H3,(H,30,38)(H,32,37)(H,33,39)/t20-,21+,22-,24-/m1/s1. The summed E-state index contributed by atoms with van der Waals surface area (Å²) in [5.74, 6) is -2.25. The Morgan fingerprint density at radius 2 is 1.76 bits per heavy atom. The Hall–Kier alpha value is -4.26. The summed E-state index contributed by atoms with van der Waals surface area (Å²) in [4.78, 5) is 73.4. The van der Waals surface area contributed by atoms with Crippen molar-refractivity contribution in [1.82, 2.24) is 35.3 Å². The Morgan fingerprint density at radius 3 is 2.43 bits per heavy atom. The molecule has 3 heterocycles. The van der Waals surface area contributed by atoms with Crippen molar-refractivity contribution in [1.29, 1.82) is 0 Å². The number of carbonyl (C=O) groups excluding carboxylic acids is 5. The van der Waals surface area contributed by atoms with Gasteiger partial charge in [0.2, 0.25) is 17.7 Å². The monoisotopic (exact) mass is 581 g/mol. The average molecular weight is 582 g/mol. The van der Waals surface area contributed by atoms with Crippen molar-refractivity contribution >= 4 is 29.5 Å². The third-order valence-electron chi connectivity index (χ3n) is 7.19. The van der Waals surface area contributed by atoms with Crippen LogP contribution >= 0.6 is 0 Å². The number of nitrogens with one attached hydrogen (secondary N) is 3. The SMILES string of the molecule is CC(C)C[C@@H]1NC(=O)CN(C)C(=O)[C@@H](Cc2ccccc2)NC(=O)[C@H]2CN(C(=O)c3cn(C)cn3)C[C@@H](CNC1=O)O2. The molecule has 2 saturated heterocycles. The van der Waals surface area contributed by atoms with Crippen LogP contribution in [-0.4, -0.2) is 106 Å². The predicted molar refractivity (Wildman–Crippen MR) is 152 cm³/mol. The lowest BCUT2D eigenvalue weighted by atomic mass is 10.0. The maximum Gasteiger partial charge on any atom is 0.274 e. The maximum absolute atomic E-state index is 13.6. The highest BCUT2D eigenvalue weighted by Crippen LogP contribution is 2.16. The third-order valence-corrected chi connectivity index (χ3v) is 7.19. The van der Waals surface area contributed by atoms with Crippen LogP contribution in [0.1, 0.15) is 36.3 Å². The molecule has 42 heavy (non-hydrogen) atoms. The van der Waals surface area contributed by atoms with E-state index in [1.54, 1.807) is 17.8 Å². The van der Waals surface area contributed by atoms with Crippen LogP contribution in [0.25, 0.3) is 0 Å². The molecule has 2 aromatic rings. The normalized spacial score (nSPS) is 24.4. The Morgan fingerprint density at radius 1 is 1.02 bits per heavy atom. The summed E-state index contributed by atoms with van der Waals surface area (Å²) in [6.07, 6.45) is 1.82. The second-order valence-corrected chi connectivity index (χ2v) is 11.3. The number of imidazole rings is 1. The summed E-state index contributed by atoms with van der Waals surface area (Å²) in [5.41, 5.74) is 1.03. The average Bonchev–Trinajstić information content (AvgIpc) is 3.40. The van der Waals surface area contributed by atoms with Crippen LogP contribution in [0.3, 0.4) is 0 Å². The molecule has 1 aromatic heterocycles. The number of ether oxygens (including phenoxy) is 1. The number of hydrogen-bond donors (Lipinski definition) is 3. The highest BCUT2D eigenvalue weighted by molar-refractivity contribution is 5.95. The summed E-state index contributed by atoms with van der Waals surface area (Å²) >= 11 is 0. The van der Waals surface area contributed by atoms with Gasteiger partial charge < -0.3 is 35.1 Å². The van der Waals surface area contributed by atoms with Gasteiger partial charge in [0.25, 0.3) is 11.8 Å². The van der Waals surface area contributed by atoms with Crippen LogP contribution in [0, 0.1) is 5.92 Å². The predicted octanol–water partition coefficient (Wildman–Crippen LogP) is -0.524. The van der Waals surface area contributed by atoms with E-state index < -0.39 is 47.9 Å². The van der Waals surface area contributed by atoms with E-state index in [0.717, 1.165) is 5.56 Å². The highest BCUT2D eigenvalue weighted by Gasteiger charge is 2.38. The summed E-state index contributed by atoms with van der Waals surface area (Å²) in [7, 11) is 3.22. The number of amides is 5. The van der Waals surface area contributed by atoms with Gasteiger partial charge in [-0.3, -0.25) is 24.0 Å². The molecule has 2 fully saturated rings. The lowest BCUT2D eigenvalue weighted by Crippen LogP contribution is -2.59. The van der Waals surface area contributed by atoms with E-state index in [0.29, 0.717) is 6.42 Å². The molecule has 4 atom stereocenters. The zero-order valence-electron chi connectivity index (χ0n) is 24.4. The quantitative estimate of drug-likeness (QED) is 0.429. The molecule has 0 radical (unpaired) electrons. The second kappa shape index (κ2) is 13.6. The van der Waals surface area contributed by atoms with Crippen molar-refractivity contribution in [2.24, 2.45) is 13.0 Å². The molecule has 13 heteroatoms. The van der Waals surface area contributed by atoms with Gasteiger partial charge >= 0.3 is 0 Å². The minimum atomic E-state index is -1.11. The van der Waals surface area contributed by atoms with Gasteiger partial charge in [-0.1, -0.05) is 44.2 Å². The van der Waals surface area contributed by atoms with E-state index in [-0.39, 0.29) is 50.1 Å². The van der Waals surface area contributed by atoms with E-state index >= 15 is 0 Å². The van der Waals surface area contributed by atoms with Crippen LogP contribution in [-0.2, 0) is 37.4 Å². The molecular weight excluding hydrogens is 542 g/mol. The molecule has 226 valence electrons. The molecule has 1 aromatic carbocycles. The fourth-order valence-electron chi connectivity index (χ4n) is 5.10. The molecule has 0 spiro atoms. The number of aryl methyl sites for hydroxylation is 1. The van der Waals surface area contributed by atoms with Gasteiger partial charge in [-0.15, -0.1) is 0 Å². The molecule has 2 aliphatic heterocycles. The lowest BCUT2D eigenvalue weighted by molar-refractivity contribution is -0.148. The molecule has 0 aliphatic carbocycles. The summed E-state index contributed by atoms with van der Waals surface area (Å²) in [5, 5.41) is 8.37. The first-order valence-electron chi connectivity index (χ1n) is 14.1. The van der Waals surface area contributed by atoms with Crippen LogP contribution < -0.4 is 16.0 Å². The number of fused-ring (bicyclic) bond motifs is 2. The summed E-state index contributed by atoms with van der Waals surface area (Å²) in [6.45, 7) is 3.62. The van der Waals surface area contributed by atoms with Crippen molar-refractivity contribution in [2.45, 2.75) is 51.0 Å². The maximum atomic E-state index is 13.6. The van der Waals surface area contributed by atoms with Gasteiger partial charge in [0.05, 0.1) is 25.5 Å². The molecule has 3 N–H and O–H groups in total. The van der Waals surface area contributed by atoms with Gasteiger partial charge in [-0.25, -0.2) is 4.98 Å². The number of carbonyl (C=O) groups is 5. The fourth-order valence-corrected chi connectivity index (χ4v) is 5.10. The number of nitrogens with zero attached hydrogens (tertiary/aromatic N) is 4. The Kier molecular flexibility index (Phi) is 9.94. The molecule has 2 aliphatic rings. The summed E-state index contributed by atoms with van der Waals surface area (Å²) in [6, 6.07) is 7.36. The first-order valence-corrected chi connectivity index (χ1v) is 14.1. The van der Waals surface area contributed by atoms with Gasteiger partial charge in [0, 0.05) is 39.8 Å². The molecule has 4 rings (SSSR count).